The molecule has 0 bridgehead atoms. The van der Waals surface area contributed by atoms with Gasteiger partial charge in [-0.2, -0.15) is 0 Å². The number of likely N-dealkylation sites (tertiary alicyclic amines) is 1. The standard InChI is InChI=1S/C8H16N2S/c9-8(11)4-7-10-5-2-1-3-6-10/h1-7H2,(H2,9,11). The van der Waals surface area contributed by atoms with E-state index in [4.69, 9.17) is 18.0 Å². The van der Waals surface area contributed by atoms with E-state index in [0.717, 1.165) is 13.0 Å². The van der Waals surface area contributed by atoms with E-state index in [1.165, 1.54) is 32.4 Å². The van der Waals surface area contributed by atoms with Gasteiger partial charge in [0, 0.05) is 13.0 Å². The number of hydrogen-bond acceptors (Lipinski definition) is 2. The van der Waals surface area contributed by atoms with Gasteiger partial charge in [-0.25, -0.2) is 0 Å². The van der Waals surface area contributed by atoms with Crippen LogP contribution >= 0.6 is 12.2 Å². The lowest BCUT2D eigenvalue weighted by Gasteiger charge is -2.25. The van der Waals surface area contributed by atoms with E-state index >= 15 is 0 Å². The van der Waals surface area contributed by atoms with Gasteiger partial charge in [-0.3, -0.25) is 0 Å². The molecule has 0 aromatic heterocycles. The van der Waals surface area contributed by atoms with Crippen molar-refractivity contribution in [3.8, 4) is 0 Å². The molecule has 2 N–H and O–H groups in total. The number of nitrogens with zero attached hydrogens (tertiary/aromatic N) is 1. The van der Waals surface area contributed by atoms with Gasteiger partial charge in [-0.1, -0.05) is 18.6 Å². The molecule has 0 atom stereocenters. The summed E-state index contributed by atoms with van der Waals surface area (Å²) in [4.78, 5) is 3.10. The minimum atomic E-state index is 0.649. The van der Waals surface area contributed by atoms with Crippen LogP contribution in [0, 0.1) is 0 Å². The molecule has 0 aromatic carbocycles. The average Bonchev–Trinajstić information content (AvgIpc) is 2.03. The molecule has 0 amide bonds. The third-order valence-corrected chi connectivity index (χ3v) is 2.33. The molecule has 2 nitrogen and oxygen atoms in total. The highest BCUT2D eigenvalue weighted by molar-refractivity contribution is 7.80. The first-order chi connectivity index (χ1) is 5.29. The van der Waals surface area contributed by atoms with E-state index in [1.54, 1.807) is 0 Å². The van der Waals surface area contributed by atoms with E-state index in [9.17, 15) is 0 Å². The van der Waals surface area contributed by atoms with Crippen molar-refractivity contribution in [2.24, 2.45) is 5.73 Å². The van der Waals surface area contributed by atoms with Crippen LogP contribution in [0.25, 0.3) is 0 Å². The fourth-order valence-electron chi connectivity index (χ4n) is 1.45. The molecule has 0 aromatic rings. The molecule has 3 heteroatoms. The van der Waals surface area contributed by atoms with Crippen molar-refractivity contribution in [1.29, 1.82) is 0 Å². The lowest BCUT2D eigenvalue weighted by Crippen LogP contribution is -2.32. The average molecular weight is 172 g/mol. The minimum absolute atomic E-state index is 0.649. The van der Waals surface area contributed by atoms with Crippen molar-refractivity contribution < 1.29 is 0 Å². The Kier molecular flexibility index (Phi) is 3.80. The molecule has 1 fully saturated rings. The van der Waals surface area contributed by atoms with Gasteiger partial charge in [0.1, 0.15) is 0 Å². The number of thiocarbonyl (C=S) groups is 1. The van der Waals surface area contributed by atoms with Gasteiger partial charge in [0.2, 0.25) is 0 Å². The van der Waals surface area contributed by atoms with Gasteiger partial charge in [-0.05, 0) is 25.9 Å². The Morgan fingerprint density at radius 2 is 1.91 bits per heavy atom. The fourth-order valence-corrected chi connectivity index (χ4v) is 1.54. The zero-order valence-electron chi connectivity index (χ0n) is 6.88. The van der Waals surface area contributed by atoms with Crippen LogP contribution < -0.4 is 5.73 Å². The monoisotopic (exact) mass is 172 g/mol. The summed E-state index contributed by atoms with van der Waals surface area (Å²) in [5.41, 5.74) is 5.41. The molecule has 1 saturated heterocycles. The molecule has 1 heterocycles. The summed E-state index contributed by atoms with van der Waals surface area (Å²) >= 11 is 4.82. The second-order valence-corrected chi connectivity index (χ2v) is 3.64. The lowest BCUT2D eigenvalue weighted by atomic mass is 10.1. The first-order valence-electron chi connectivity index (χ1n) is 4.30. The Morgan fingerprint density at radius 3 is 2.45 bits per heavy atom. The minimum Gasteiger partial charge on any atom is -0.393 e. The van der Waals surface area contributed by atoms with Gasteiger partial charge in [0.15, 0.2) is 0 Å². The van der Waals surface area contributed by atoms with Gasteiger partial charge in [0.25, 0.3) is 0 Å². The molecule has 1 rings (SSSR count). The lowest BCUT2D eigenvalue weighted by molar-refractivity contribution is 0.235. The normalized spacial score (nSPS) is 20.0. The first kappa shape index (κ1) is 8.94. The van der Waals surface area contributed by atoms with Crippen molar-refractivity contribution >= 4 is 17.2 Å². The highest BCUT2D eigenvalue weighted by Crippen LogP contribution is 2.08. The van der Waals surface area contributed by atoms with Crippen LogP contribution in [0.3, 0.4) is 0 Å². The maximum Gasteiger partial charge on any atom is 0.0740 e. The van der Waals surface area contributed by atoms with Crippen LogP contribution in [0.2, 0.25) is 0 Å². The molecular formula is C8H16N2S. The molecule has 64 valence electrons. The Balaban J connectivity index is 2.09. The van der Waals surface area contributed by atoms with Crippen LogP contribution in [0.5, 0.6) is 0 Å². The van der Waals surface area contributed by atoms with Crippen LogP contribution in [-0.2, 0) is 0 Å². The van der Waals surface area contributed by atoms with Gasteiger partial charge in [-0.15, -0.1) is 0 Å². The summed E-state index contributed by atoms with van der Waals surface area (Å²) in [5.74, 6) is 0. The van der Waals surface area contributed by atoms with E-state index in [-0.39, 0.29) is 0 Å². The van der Waals surface area contributed by atoms with Crippen LogP contribution in [0.4, 0.5) is 0 Å². The molecule has 1 aliphatic heterocycles. The van der Waals surface area contributed by atoms with Crippen LogP contribution in [0.15, 0.2) is 0 Å². The number of hydrogen-bond donors (Lipinski definition) is 1. The molecule has 11 heavy (non-hydrogen) atoms. The summed E-state index contributed by atoms with van der Waals surface area (Å²) in [7, 11) is 0. The van der Waals surface area contributed by atoms with Crippen molar-refractivity contribution in [2.45, 2.75) is 25.7 Å². The number of piperidine rings is 1. The predicted octanol–water partition coefficient (Wildman–Crippen LogP) is 1.15. The van der Waals surface area contributed by atoms with Gasteiger partial charge in [0.05, 0.1) is 4.99 Å². The quantitative estimate of drug-likeness (QED) is 0.648. The topological polar surface area (TPSA) is 29.3 Å². The van der Waals surface area contributed by atoms with Gasteiger partial charge < -0.3 is 10.6 Å². The molecule has 0 saturated carbocycles. The highest BCUT2D eigenvalue weighted by atomic mass is 32.1. The first-order valence-corrected chi connectivity index (χ1v) is 4.70. The largest absolute Gasteiger partial charge is 0.393 e. The smallest absolute Gasteiger partial charge is 0.0740 e. The fraction of sp³-hybridized carbons (Fsp3) is 0.875. The Labute approximate surface area is 73.7 Å². The summed E-state index contributed by atoms with van der Waals surface area (Å²) < 4.78 is 0. The summed E-state index contributed by atoms with van der Waals surface area (Å²) in [6, 6.07) is 0. The van der Waals surface area contributed by atoms with Gasteiger partial charge >= 0.3 is 0 Å². The third kappa shape index (κ3) is 3.68. The molecule has 0 radical (unpaired) electrons. The van der Waals surface area contributed by atoms with Crippen molar-refractivity contribution in [1.82, 2.24) is 4.90 Å². The molecule has 0 spiro atoms. The molecule has 0 unspecified atom stereocenters. The van der Waals surface area contributed by atoms with Crippen LogP contribution in [0.1, 0.15) is 25.7 Å². The highest BCUT2D eigenvalue weighted by Gasteiger charge is 2.08. The molecular weight excluding hydrogens is 156 g/mol. The van der Waals surface area contributed by atoms with Crippen molar-refractivity contribution in [2.75, 3.05) is 19.6 Å². The van der Waals surface area contributed by atoms with E-state index in [1.807, 2.05) is 0 Å². The van der Waals surface area contributed by atoms with Crippen molar-refractivity contribution in [3.05, 3.63) is 0 Å². The second-order valence-electron chi connectivity index (χ2n) is 3.12. The summed E-state index contributed by atoms with van der Waals surface area (Å²) in [5, 5.41) is 0. The van der Waals surface area contributed by atoms with E-state index in [2.05, 4.69) is 4.90 Å². The second kappa shape index (κ2) is 4.67. The zero-order valence-corrected chi connectivity index (χ0v) is 7.70. The van der Waals surface area contributed by atoms with E-state index in [0.29, 0.717) is 4.99 Å². The van der Waals surface area contributed by atoms with Crippen molar-refractivity contribution in [3.63, 3.8) is 0 Å². The Morgan fingerprint density at radius 1 is 1.27 bits per heavy atom. The molecule has 1 aliphatic rings. The van der Waals surface area contributed by atoms with E-state index < -0.39 is 0 Å². The molecule has 0 aliphatic carbocycles. The number of rotatable bonds is 3. The Hall–Kier alpha value is -0.150. The number of nitrogens with two attached hydrogens (primary N) is 1. The Bertz CT molecular complexity index is 130. The van der Waals surface area contributed by atoms with Crippen LogP contribution in [-0.4, -0.2) is 29.5 Å². The summed E-state index contributed by atoms with van der Waals surface area (Å²) in [6.45, 7) is 3.54. The SMILES string of the molecule is NC(=S)CCN1CCCCC1. The zero-order chi connectivity index (χ0) is 8.10. The predicted molar refractivity (Wildman–Crippen MR) is 51.7 cm³/mol. The summed E-state index contributed by atoms with van der Waals surface area (Å²) in [6.07, 6.45) is 4.97. The third-order valence-electron chi connectivity index (χ3n) is 2.12. The maximum absolute atomic E-state index is 5.41. The maximum atomic E-state index is 5.41.